The molecule has 0 bridgehead atoms. The zero-order valence-electron chi connectivity index (χ0n) is 35.0. The van der Waals surface area contributed by atoms with Crippen LogP contribution < -0.4 is 0 Å². The standard InChI is InChI=1S/C56H42N6/c1-35-5-13-42(14-6-35)51-57-52(43-15-7-36(2)8-16-43)60-55(59-51)46-27-21-39(22-28-46)48-31-25-41-26-32-49(34-50(41)33-48)40-23-29-47(30-24-40)56-61-53(44-17-9-37(3)10-18-44)58-54(62-56)45-19-11-38(4)12-20-45/h5-34H,1-4H3. The highest BCUT2D eigenvalue weighted by Crippen LogP contribution is 2.33. The molecule has 2 heterocycles. The lowest BCUT2D eigenvalue weighted by Gasteiger charge is -2.11. The number of benzene rings is 8. The van der Waals surface area contributed by atoms with E-state index in [1.54, 1.807) is 0 Å². The Morgan fingerprint density at radius 3 is 0.629 bits per heavy atom. The smallest absolute Gasteiger partial charge is 0.164 e. The predicted octanol–water partition coefficient (Wildman–Crippen LogP) is 13.8. The molecule has 10 aromatic rings. The monoisotopic (exact) mass is 798 g/mol. The van der Waals surface area contributed by atoms with Crippen LogP contribution in [0.25, 0.3) is 101 Å². The Bertz CT molecular complexity index is 2870. The van der Waals surface area contributed by atoms with Crippen molar-refractivity contribution in [3.8, 4) is 90.6 Å². The van der Waals surface area contributed by atoms with Crippen LogP contribution in [-0.4, -0.2) is 29.9 Å². The van der Waals surface area contributed by atoms with Crippen LogP contribution in [0.2, 0.25) is 0 Å². The van der Waals surface area contributed by atoms with E-state index in [-0.39, 0.29) is 0 Å². The summed E-state index contributed by atoms with van der Waals surface area (Å²) < 4.78 is 0. The summed E-state index contributed by atoms with van der Waals surface area (Å²) in [6.07, 6.45) is 0. The molecule has 0 N–H and O–H groups in total. The molecule has 8 aromatic carbocycles. The zero-order chi connectivity index (χ0) is 42.2. The van der Waals surface area contributed by atoms with Gasteiger partial charge in [0.05, 0.1) is 0 Å². The lowest BCUT2D eigenvalue weighted by Crippen LogP contribution is -2.00. The van der Waals surface area contributed by atoms with Crippen molar-refractivity contribution < 1.29 is 0 Å². The fraction of sp³-hybridized carbons (Fsp3) is 0.0714. The first kappa shape index (κ1) is 38.3. The van der Waals surface area contributed by atoms with Crippen molar-refractivity contribution in [2.24, 2.45) is 0 Å². The van der Waals surface area contributed by atoms with E-state index in [1.165, 1.54) is 33.0 Å². The number of nitrogens with zero attached hydrogens (tertiary/aromatic N) is 6. The number of hydrogen-bond acceptors (Lipinski definition) is 6. The molecule has 2 aromatic heterocycles. The van der Waals surface area contributed by atoms with Crippen molar-refractivity contribution in [2.75, 3.05) is 0 Å². The van der Waals surface area contributed by atoms with Crippen molar-refractivity contribution in [3.63, 3.8) is 0 Å². The molecular formula is C56H42N6. The summed E-state index contributed by atoms with van der Waals surface area (Å²) in [4.78, 5) is 29.6. The van der Waals surface area contributed by atoms with Gasteiger partial charge in [0.25, 0.3) is 0 Å². The van der Waals surface area contributed by atoms with E-state index in [0.29, 0.717) is 34.9 Å². The highest BCUT2D eigenvalue weighted by atomic mass is 15.0. The molecule has 0 aliphatic carbocycles. The van der Waals surface area contributed by atoms with E-state index in [0.717, 1.165) is 55.6 Å². The zero-order valence-corrected chi connectivity index (χ0v) is 35.0. The van der Waals surface area contributed by atoms with Crippen molar-refractivity contribution in [1.29, 1.82) is 0 Å². The van der Waals surface area contributed by atoms with Gasteiger partial charge in [-0.2, -0.15) is 0 Å². The van der Waals surface area contributed by atoms with Crippen LogP contribution in [0.4, 0.5) is 0 Å². The summed E-state index contributed by atoms with van der Waals surface area (Å²) in [7, 11) is 0. The predicted molar refractivity (Wildman–Crippen MR) is 253 cm³/mol. The summed E-state index contributed by atoms with van der Waals surface area (Å²) in [5.41, 5.74) is 14.9. The number of fused-ring (bicyclic) bond motifs is 1. The van der Waals surface area contributed by atoms with E-state index in [4.69, 9.17) is 29.9 Å². The molecule has 0 atom stereocenters. The van der Waals surface area contributed by atoms with Gasteiger partial charge >= 0.3 is 0 Å². The Morgan fingerprint density at radius 1 is 0.194 bits per heavy atom. The number of aryl methyl sites for hydroxylation is 4. The molecule has 0 fully saturated rings. The first-order valence-corrected chi connectivity index (χ1v) is 20.8. The third kappa shape index (κ3) is 8.02. The van der Waals surface area contributed by atoms with E-state index in [2.05, 4.69) is 210 Å². The molecule has 6 nitrogen and oxygen atoms in total. The fourth-order valence-corrected chi connectivity index (χ4v) is 7.57. The van der Waals surface area contributed by atoms with E-state index in [1.807, 2.05) is 0 Å². The number of rotatable bonds is 8. The van der Waals surface area contributed by atoms with Crippen LogP contribution in [0.3, 0.4) is 0 Å². The van der Waals surface area contributed by atoms with Crippen LogP contribution in [0.5, 0.6) is 0 Å². The third-order valence-electron chi connectivity index (χ3n) is 11.3. The molecule has 0 saturated carbocycles. The van der Waals surface area contributed by atoms with Gasteiger partial charge in [0.2, 0.25) is 0 Å². The molecule has 10 rings (SSSR count). The largest absolute Gasteiger partial charge is 0.208 e. The topological polar surface area (TPSA) is 77.3 Å². The van der Waals surface area contributed by atoms with Gasteiger partial charge in [-0.1, -0.05) is 192 Å². The Kier molecular flexibility index (Phi) is 10.0. The SMILES string of the molecule is Cc1ccc(-c2nc(-c3ccc(C)cc3)nc(-c3ccc(-c4ccc5ccc(-c6ccc(-c7nc(-c8ccc(C)cc8)nc(-c8ccc(C)cc8)n7)cc6)cc5c4)cc3)n2)cc1. The van der Waals surface area contributed by atoms with Crippen LogP contribution in [0.15, 0.2) is 182 Å². The second-order valence-corrected chi connectivity index (χ2v) is 16.0. The van der Waals surface area contributed by atoms with Crippen molar-refractivity contribution in [2.45, 2.75) is 27.7 Å². The summed E-state index contributed by atoms with van der Waals surface area (Å²) in [6.45, 7) is 8.33. The Labute approximate surface area is 361 Å². The minimum absolute atomic E-state index is 0.640. The quantitative estimate of drug-likeness (QED) is 0.152. The average Bonchev–Trinajstić information content (AvgIpc) is 3.32. The van der Waals surface area contributed by atoms with E-state index >= 15 is 0 Å². The van der Waals surface area contributed by atoms with E-state index in [9.17, 15) is 0 Å². The lowest BCUT2D eigenvalue weighted by molar-refractivity contribution is 1.07. The molecular weight excluding hydrogens is 757 g/mol. The Morgan fingerprint density at radius 2 is 0.387 bits per heavy atom. The summed E-state index contributed by atoms with van der Waals surface area (Å²) in [5.74, 6) is 3.89. The third-order valence-corrected chi connectivity index (χ3v) is 11.3. The Hall–Kier alpha value is -7.96. The van der Waals surface area contributed by atoms with Crippen LogP contribution in [0.1, 0.15) is 22.3 Å². The molecule has 6 heteroatoms. The molecule has 0 spiro atoms. The Balaban J connectivity index is 0.939. The highest BCUT2D eigenvalue weighted by Gasteiger charge is 2.15. The van der Waals surface area contributed by atoms with Gasteiger partial charge in [-0.3, -0.25) is 0 Å². The molecule has 0 aliphatic heterocycles. The lowest BCUT2D eigenvalue weighted by atomic mass is 9.96. The van der Waals surface area contributed by atoms with Gasteiger partial charge in [-0.25, -0.2) is 29.9 Å². The van der Waals surface area contributed by atoms with Crippen LogP contribution in [-0.2, 0) is 0 Å². The van der Waals surface area contributed by atoms with Crippen LogP contribution >= 0.6 is 0 Å². The molecule has 62 heavy (non-hydrogen) atoms. The van der Waals surface area contributed by atoms with Crippen molar-refractivity contribution in [1.82, 2.24) is 29.9 Å². The molecule has 0 aliphatic rings. The fourth-order valence-electron chi connectivity index (χ4n) is 7.57. The van der Waals surface area contributed by atoms with Crippen molar-refractivity contribution in [3.05, 3.63) is 204 Å². The second kappa shape index (κ2) is 16.2. The summed E-state index contributed by atoms with van der Waals surface area (Å²) in [6, 6.07) is 63.5. The summed E-state index contributed by atoms with van der Waals surface area (Å²) in [5, 5.41) is 2.35. The highest BCUT2D eigenvalue weighted by molar-refractivity contribution is 5.91. The molecule has 0 saturated heterocycles. The molecule has 0 amide bonds. The number of hydrogen-bond donors (Lipinski definition) is 0. The maximum absolute atomic E-state index is 4.96. The van der Waals surface area contributed by atoms with Gasteiger partial charge in [-0.15, -0.1) is 0 Å². The van der Waals surface area contributed by atoms with Gasteiger partial charge in [-0.05, 0) is 72.9 Å². The minimum atomic E-state index is 0.640. The van der Waals surface area contributed by atoms with Gasteiger partial charge in [0, 0.05) is 33.4 Å². The first-order valence-electron chi connectivity index (χ1n) is 20.8. The first-order chi connectivity index (χ1) is 30.3. The summed E-state index contributed by atoms with van der Waals surface area (Å²) >= 11 is 0. The van der Waals surface area contributed by atoms with Gasteiger partial charge in [0.1, 0.15) is 0 Å². The molecule has 0 radical (unpaired) electrons. The van der Waals surface area contributed by atoms with Gasteiger partial charge in [0.15, 0.2) is 34.9 Å². The second-order valence-electron chi connectivity index (χ2n) is 16.0. The number of aromatic nitrogens is 6. The van der Waals surface area contributed by atoms with E-state index < -0.39 is 0 Å². The maximum Gasteiger partial charge on any atom is 0.164 e. The van der Waals surface area contributed by atoms with Crippen LogP contribution in [0, 0.1) is 27.7 Å². The minimum Gasteiger partial charge on any atom is -0.208 e. The van der Waals surface area contributed by atoms with Crippen molar-refractivity contribution >= 4 is 10.8 Å². The van der Waals surface area contributed by atoms with Gasteiger partial charge < -0.3 is 0 Å². The molecule has 296 valence electrons. The molecule has 0 unspecified atom stereocenters. The maximum atomic E-state index is 4.96. The normalized spacial score (nSPS) is 11.2. The average molecular weight is 799 g/mol.